The fourth-order valence-electron chi connectivity index (χ4n) is 2.45. The third kappa shape index (κ3) is 7.67. The normalized spacial score (nSPS) is 10.2. The zero-order chi connectivity index (χ0) is 20.2. The standard InChI is InChI=1S/C21H27N3O4/c1-3-6-20(25)23-17-8-4-9-18(13-17)24-21(26)15-22-16-7-5-10-19(14-16)28-12-11-27-2/h4-5,7-10,13-14,22H,3,6,11-12,15H2,1-2H3,(H,23,25)(H,24,26). The molecule has 150 valence electrons. The Labute approximate surface area is 165 Å². The maximum Gasteiger partial charge on any atom is 0.243 e. The summed E-state index contributed by atoms with van der Waals surface area (Å²) in [5.41, 5.74) is 2.06. The van der Waals surface area contributed by atoms with Gasteiger partial charge in [0.2, 0.25) is 11.8 Å². The minimum Gasteiger partial charge on any atom is -0.491 e. The summed E-state index contributed by atoms with van der Waals surface area (Å²) in [6, 6.07) is 14.5. The minimum atomic E-state index is -0.192. The highest BCUT2D eigenvalue weighted by Gasteiger charge is 2.06. The van der Waals surface area contributed by atoms with Crippen molar-refractivity contribution < 1.29 is 19.1 Å². The average molecular weight is 385 g/mol. The van der Waals surface area contributed by atoms with Gasteiger partial charge in [0.25, 0.3) is 0 Å². The van der Waals surface area contributed by atoms with Crippen molar-refractivity contribution in [1.29, 1.82) is 0 Å². The highest BCUT2D eigenvalue weighted by Crippen LogP contribution is 2.18. The average Bonchev–Trinajstić information content (AvgIpc) is 2.67. The van der Waals surface area contributed by atoms with Gasteiger partial charge in [0.1, 0.15) is 12.4 Å². The lowest BCUT2D eigenvalue weighted by Crippen LogP contribution is -2.21. The molecule has 0 aliphatic heterocycles. The summed E-state index contributed by atoms with van der Waals surface area (Å²) in [5, 5.41) is 8.69. The van der Waals surface area contributed by atoms with Gasteiger partial charge in [-0.1, -0.05) is 19.1 Å². The fraction of sp³-hybridized carbons (Fsp3) is 0.333. The van der Waals surface area contributed by atoms with Crippen LogP contribution in [-0.2, 0) is 14.3 Å². The van der Waals surface area contributed by atoms with Crippen LogP contribution >= 0.6 is 0 Å². The third-order valence-corrected chi connectivity index (χ3v) is 3.75. The molecular weight excluding hydrogens is 358 g/mol. The molecule has 2 amide bonds. The van der Waals surface area contributed by atoms with E-state index < -0.39 is 0 Å². The third-order valence-electron chi connectivity index (χ3n) is 3.75. The van der Waals surface area contributed by atoms with Crippen molar-refractivity contribution in [2.24, 2.45) is 0 Å². The van der Waals surface area contributed by atoms with E-state index in [1.54, 1.807) is 31.4 Å². The molecule has 7 heteroatoms. The molecule has 0 fully saturated rings. The van der Waals surface area contributed by atoms with E-state index in [0.29, 0.717) is 36.8 Å². The van der Waals surface area contributed by atoms with E-state index in [9.17, 15) is 9.59 Å². The van der Waals surface area contributed by atoms with E-state index in [0.717, 1.165) is 12.1 Å². The number of hydrogen-bond acceptors (Lipinski definition) is 5. The first-order valence-corrected chi connectivity index (χ1v) is 9.26. The molecule has 0 unspecified atom stereocenters. The predicted octanol–water partition coefficient (Wildman–Crippen LogP) is 3.50. The Hall–Kier alpha value is -3.06. The number of methoxy groups -OCH3 is 1. The second-order valence-corrected chi connectivity index (χ2v) is 6.15. The van der Waals surface area contributed by atoms with Crippen molar-refractivity contribution in [3.8, 4) is 5.75 Å². The first-order valence-electron chi connectivity index (χ1n) is 9.26. The first kappa shape index (κ1) is 21.2. The molecule has 0 aromatic heterocycles. The molecule has 0 spiro atoms. The zero-order valence-electron chi connectivity index (χ0n) is 16.3. The summed E-state index contributed by atoms with van der Waals surface area (Å²) < 4.78 is 10.5. The summed E-state index contributed by atoms with van der Waals surface area (Å²) in [6.45, 7) is 3.03. The summed E-state index contributed by atoms with van der Waals surface area (Å²) in [5.74, 6) is 0.473. The largest absolute Gasteiger partial charge is 0.491 e. The van der Waals surface area contributed by atoms with Gasteiger partial charge in [-0.2, -0.15) is 0 Å². The van der Waals surface area contributed by atoms with Crippen molar-refractivity contribution in [3.05, 3.63) is 48.5 Å². The van der Waals surface area contributed by atoms with Crippen LogP contribution in [0.3, 0.4) is 0 Å². The molecule has 7 nitrogen and oxygen atoms in total. The molecule has 0 aliphatic rings. The topological polar surface area (TPSA) is 88.7 Å². The van der Waals surface area contributed by atoms with Crippen LogP contribution in [0.25, 0.3) is 0 Å². The number of carbonyl (C=O) groups excluding carboxylic acids is 2. The molecule has 0 saturated heterocycles. The predicted molar refractivity (Wildman–Crippen MR) is 111 cm³/mol. The van der Waals surface area contributed by atoms with Gasteiger partial charge in [0.15, 0.2) is 0 Å². The quantitative estimate of drug-likeness (QED) is 0.515. The molecule has 2 aromatic carbocycles. The van der Waals surface area contributed by atoms with Gasteiger partial charge in [-0.05, 0) is 36.8 Å². The Morgan fingerprint density at radius 2 is 1.57 bits per heavy atom. The SMILES string of the molecule is CCCC(=O)Nc1cccc(NC(=O)CNc2cccc(OCCOC)c2)c1. The van der Waals surface area contributed by atoms with E-state index >= 15 is 0 Å². The lowest BCUT2D eigenvalue weighted by Gasteiger charge is -2.11. The molecule has 2 rings (SSSR count). The van der Waals surface area contributed by atoms with Crippen molar-refractivity contribution in [2.75, 3.05) is 42.8 Å². The van der Waals surface area contributed by atoms with Crippen LogP contribution in [0, 0.1) is 0 Å². The Bertz CT molecular complexity index is 780. The fourth-order valence-corrected chi connectivity index (χ4v) is 2.45. The van der Waals surface area contributed by atoms with Crippen LogP contribution < -0.4 is 20.7 Å². The van der Waals surface area contributed by atoms with E-state index in [-0.39, 0.29) is 18.4 Å². The van der Waals surface area contributed by atoms with Crippen LogP contribution in [-0.4, -0.2) is 38.7 Å². The lowest BCUT2D eigenvalue weighted by molar-refractivity contribution is -0.116. The smallest absolute Gasteiger partial charge is 0.243 e. The summed E-state index contributed by atoms with van der Waals surface area (Å²) in [6.07, 6.45) is 1.25. The molecule has 2 aromatic rings. The van der Waals surface area contributed by atoms with Gasteiger partial charge in [-0.15, -0.1) is 0 Å². The molecule has 0 bridgehead atoms. The van der Waals surface area contributed by atoms with Crippen molar-refractivity contribution in [2.45, 2.75) is 19.8 Å². The number of nitrogens with one attached hydrogen (secondary N) is 3. The van der Waals surface area contributed by atoms with Crippen LogP contribution in [0.4, 0.5) is 17.1 Å². The maximum atomic E-state index is 12.2. The van der Waals surface area contributed by atoms with Gasteiger partial charge in [-0.3, -0.25) is 9.59 Å². The second-order valence-electron chi connectivity index (χ2n) is 6.15. The second kappa shape index (κ2) is 11.6. The van der Waals surface area contributed by atoms with Crippen LogP contribution in [0.15, 0.2) is 48.5 Å². The summed E-state index contributed by atoms with van der Waals surface area (Å²) in [4.78, 5) is 23.9. The molecule has 0 saturated carbocycles. The maximum absolute atomic E-state index is 12.2. The molecular formula is C21H27N3O4. The zero-order valence-corrected chi connectivity index (χ0v) is 16.3. The number of rotatable bonds is 11. The van der Waals surface area contributed by atoms with E-state index in [4.69, 9.17) is 9.47 Å². The number of carbonyl (C=O) groups is 2. The van der Waals surface area contributed by atoms with Crippen LogP contribution in [0.1, 0.15) is 19.8 Å². The molecule has 3 N–H and O–H groups in total. The number of benzene rings is 2. The number of amides is 2. The van der Waals surface area contributed by atoms with Gasteiger partial charge in [0.05, 0.1) is 13.2 Å². The first-order chi connectivity index (χ1) is 13.6. The number of anilines is 3. The molecule has 0 aliphatic carbocycles. The lowest BCUT2D eigenvalue weighted by atomic mass is 10.2. The van der Waals surface area contributed by atoms with Crippen LogP contribution in [0.2, 0.25) is 0 Å². The Morgan fingerprint density at radius 1 is 0.893 bits per heavy atom. The van der Waals surface area contributed by atoms with Gasteiger partial charge in [0, 0.05) is 36.7 Å². The number of ether oxygens (including phenoxy) is 2. The molecule has 28 heavy (non-hydrogen) atoms. The molecule has 0 radical (unpaired) electrons. The highest BCUT2D eigenvalue weighted by molar-refractivity contribution is 5.95. The van der Waals surface area contributed by atoms with E-state index in [1.165, 1.54) is 0 Å². The Kier molecular flexibility index (Phi) is 8.81. The summed E-state index contributed by atoms with van der Waals surface area (Å²) >= 11 is 0. The monoisotopic (exact) mass is 385 g/mol. The van der Waals surface area contributed by atoms with Crippen molar-refractivity contribution in [1.82, 2.24) is 0 Å². The minimum absolute atomic E-state index is 0.0414. The van der Waals surface area contributed by atoms with Gasteiger partial charge >= 0.3 is 0 Å². The van der Waals surface area contributed by atoms with Crippen LogP contribution in [0.5, 0.6) is 5.75 Å². The Morgan fingerprint density at radius 3 is 2.29 bits per heavy atom. The number of hydrogen-bond donors (Lipinski definition) is 3. The van der Waals surface area contributed by atoms with Crippen molar-refractivity contribution in [3.63, 3.8) is 0 Å². The molecule has 0 atom stereocenters. The Balaban J connectivity index is 1.84. The molecule has 0 heterocycles. The van der Waals surface area contributed by atoms with E-state index in [1.807, 2.05) is 31.2 Å². The van der Waals surface area contributed by atoms with Gasteiger partial charge < -0.3 is 25.4 Å². The van der Waals surface area contributed by atoms with Crippen molar-refractivity contribution >= 4 is 28.9 Å². The highest BCUT2D eigenvalue weighted by atomic mass is 16.5. The van der Waals surface area contributed by atoms with Gasteiger partial charge in [-0.25, -0.2) is 0 Å². The summed E-state index contributed by atoms with van der Waals surface area (Å²) in [7, 11) is 1.62. The van der Waals surface area contributed by atoms with E-state index in [2.05, 4.69) is 16.0 Å².